The Morgan fingerprint density at radius 2 is 1.30 bits per heavy atom. The first-order chi connectivity index (χ1) is 27.5. The molecule has 298 valence electrons. The van der Waals surface area contributed by atoms with E-state index in [4.69, 9.17) is 19.2 Å². The number of nitrogens with zero attached hydrogens (tertiary/aromatic N) is 4. The molecule has 3 amide bonds. The number of rotatable bonds is 8. The molecule has 3 aromatic carbocycles. The number of methoxy groups -OCH3 is 1. The third-order valence-corrected chi connectivity index (χ3v) is 11.4. The number of alkyl carbamates (subject to hydrolysis) is 1. The predicted octanol–water partition coefficient (Wildman–Crippen LogP) is 8.17. The number of imidazole rings is 2. The number of aromatic amines is 2. The summed E-state index contributed by atoms with van der Waals surface area (Å²) in [6.45, 7) is 8.04. The first-order valence-corrected chi connectivity index (χ1v) is 20.0. The zero-order valence-corrected chi connectivity index (χ0v) is 33.0. The molecule has 2 unspecified atom stereocenters. The zero-order valence-electron chi connectivity index (χ0n) is 33.0. The molecule has 8 rings (SSSR count). The summed E-state index contributed by atoms with van der Waals surface area (Å²) in [4.78, 5) is 59.1. The molecule has 2 aromatic heterocycles. The van der Waals surface area contributed by atoms with Crippen molar-refractivity contribution in [2.24, 2.45) is 5.92 Å². The average molecular weight is 774 g/mol. The van der Waals surface area contributed by atoms with E-state index in [1.807, 2.05) is 38.1 Å². The van der Waals surface area contributed by atoms with Crippen LogP contribution < -0.4 is 5.32 Å². The van der Waals surface area contributed by atoms with Gasteiger partial charge in [-0.25, -0.2) is 19.6 Å². The lowest BCUT2D eigenvalue weighted by atomic mass is 9.90. The quantitative estimate of drug-likeness (QED) is 0.143. The molecule has 0 radical (unpaired) electrons. The van der Waals surface area contributed by atoms with E-state index < -0.39 is 17.7 Å². The Morgan fingerprint density at radius 3 is 1.93 bits per heavy atom. The fraction of sp³-hybridized carbons (Fsp3) is 0.432. The number of fused-ring (bicyclic) bond motifs is 1. The molecule has 3 aliphatic rings. The van der Waals surface area contributed by atoms with Crippen LogP contribution in [-0.2, 0) is 19.0 Å². The van der Waals surface area contributed by atoms with Crippen LogP contribution in [0, 0.1) is 5.92 Å². The van der Waals surface area contributed by atoms with Gasteiger partial charge in [-0.1, -0.05) is 48.5 Å². The van der Waals surface area contributed by atoms with E-state index in [-0.39, 0.29) is 30.0 Å². The summed E-state index contributed by atoms with van der Waals surface area (Å²) in [5.74, 6) is 1.39. The van der Waals surface area contributed by atoms with Crippen LogP contribution in [-0.4, -0.2) is 92.9 Å². The minimum absolute atomic E-state index is 0.0178. The summed E-state index contributed by atoms with van der Waals surface area (Å²) in [6, 6.07) is 20.3. The molecule has 5 aromatic rings. The molecule has 0 spiro atoms. The number of hydrogen-bond donors (Lipinski definition) is 3. The molecule has 3 fully saturated rings. The lowest BCUT2D eigenvalue weighted by Gasteiger charge is -2.34. The summed E-state index contributed by atoms with van der Waals surface area (Å²) >= 11 is 0. The van der Waals surface area contributed by atoms with Gasteiger partial charge in [-0.2, -0.15) is 0 Å². The number of benzene rings is 3. The van der Waals surface area contributed by atoms with Crippen molar-refractivity contribution in [1.82, 2.24) is 35.1 Å². The first-order valence-electron chi connectivity index (χ1n) is 20.0. The number of carbonyl (C=O) groups excluding carboxylic acids is 3. The van der Waals surface area contributed by atoms with E-state index in [2.05, 4.69) is 80.9 Å². The molecule has 13 heteroatoms. The summed E-state index contributed by atoms with van der Waals surface area (Å²) in [5, 5.41) is 5.06. The van der Waals surface area contributed by atoms with E-state index >= 15 is 0 Å². The van der Waals surface area contributed by atoms with Crippen LogP contribution in [0.2, 0.25) is 0 Å². The second-order valence-corrected chi connectivity index (χ2v) is 16.3. The largest absolute Gasteiger partial charge is 0.453 e. The fourth-order valence-electron chi connectivity index (χ4n) is 8.44. The highest BCUT2D eigenvalue weighted by Gasteiger charge is 2.40. The normalized spacial score (nSPS) is 19.5. The number of nitrogens with one attached hydrogen (secondary N) is 3. The topological polar surface area (TPSA) is 155 Å². The van der Waals surface area contributed by atoms with Gasteiger partial charge >= 0.3 is 12.2 Å². The maximum atomic E-state index is 14.0. The molecule has 0 aliphatic carbocycles. The Labute approximate surface area is 332 Å². The third-order valence-electron chi connectivity index (χ3n) is 11.4. The Hall–Kier alpha value is -5.69. The second-order valence-electron chi connectivity index (χ2n) is 16.3. The lowest BCUT2D eigenvalue weighted by molar-refractivity contribution is -0.136. The van der Waals surface area contributed by atoms with Crippen molar-refractivity contribution >= 4 is 28.9 Å². The summed E-state index contributed by atoms with van der Waals surface area (Å²) in [5.41, 5.74) is 5.47. The van der Waals surface area contributed by atoms with E-state index in [0.717, 1.165) is 81.7 Å². The highest BCUT2D eigenvalue weighted by Crippen LogP contribution is 2.36. The first kappa shape index (κ1) is 38.2. The third kappa shape index (κ3) is 8.25. The highest BCUT2D eigenvalue weighted by atomic mass is 16.6. The number of hydrogen-bond acceptors (Lipinski definition) is 8. The number of amides is 3. The molecular weight excluding hydrogens is 723 g/mol. The second kappa shape index (κ2) is 16.0. The van der Waals surface area contributed by atoms with Gasteiger partial charge in [-0.3, -0.25) is 9.69 Å². The van der Waals surface area contributed by atoms with E-state index in [9.17, 15) is 14.4 Å². The van der Waals surface area contributed by atoms with Gasteiger partial charge in [-0.05, 0) is 105 Å². The Balaban J connectivity index is 0.940. The van der Waals surface area contributed by atoms with Gasteiger partial charge in [0.2, 0.25) is 5.91 Å². The maximum absolute atomic E-state index is 14.0. The van der Waals surface area contributed by atoms with Crippen molar-refractivity contribution in [3.05, 3.63) is 84.7 Å². The van der Waals surface area contributed by atoms with Crippen LogP contribution in [0.25, 0.3) is 44.4 Å². The fourth-order valence-corrected chi connectivity index (χ4v) is 8.44. The molecule has 3 aliphatic heterocycles. The smallest absolute Gasteiger partial charge is 0.410 e. The Bertz CT molecular complexity index is 2240. The average Bonchev–Trinajstić information content (AvgIpc) is 4.06. The van der Waals surface area contributed by atoms with Gasteiger partial charge in [0.05, 0.1) is 43.0 Å². The molecule has 0 saturated carbocycles. The van der Waals surface area contributed by atoms with Crippen molar-refractivity contribution in [3.63, 3.8) is 0 Å². The standard InChI is InChI=1S/C44H51N7O6/c1-44(2,3)57-43(54)51-20-6-8-37(51)40-46-26-35(48-40)33-16-15-31-23-30(13-14-32(31)24-33)27-9-11-28(12-10-27)34-25-45-39(47-34)36-7-5-19-50(36)41(52)38(49-42(53)55-4)29-17-21-56-22-18-29/h9-16,23-26,29,36-38H,5-8,17-22H2,1-4H3,(H,45,47)(H,46,48)(H,49,53)/t36?,37-,38?/m0/s1. The number of likely N-dealkylation sites (tertiary alicyclic amines) is 2. The van der Waals surface area contributed by atoms with E-state index in [1.165, 1.54) is 7.11 Å². The summed E-state index contributed by atoms with van der Waals surface area (Å²) in [7, 11) is 1.31. The Morgan fingerprint density at radius 1 is 0.754 bits per heavy atom. The van der Waals surface area contributed by atoms with Gasteiger partial charge in [0.15, 0.2) is 0 Å². The summed E-state index contributed by atoms with van der Waals surface area (Å²) < 4.78 is 16.0. The Kier molecular flexibility index (Phi) is 10.8. The van der Waals surface area contributed by atoms with E-state index in [1.54, 1.807) is 4.90 Å². The number of ether oxygens (including phenoxy) is 3. The van der Waals surface area contributed by atoms with Crippen LogP contribution >= 0.6 is 0 Å². The highest BCUT2D eigenvalue weighted by molar-refractivity contribution is 5.91. The molecule has 3 N–H and O–H groups in total. The van der Waals surface area contributed by atoms with Crippen LogP contribution in [0.3, 0.4) is 0 Å². The van der Waals surface area contributed by atoms with Crippen molar-refractivity contribution in [1.29, 1.82) is 0 Å². The van der Waals surface area contributed by atoms with Crippen LogP contribution in [0.15, 0.2) is 73.1 Å². The van der Waals surface area contributed by atoms with Crippen molar-refractivity contribution < 1.29 is 28.6 Å². The van der Waals surface area contributed by atoms with Crippen LogP contribution in [0.5, 0.6) is 0 Å². The van der Waals surface area contributed by atoms with Crippen molar-refractivity contribution in [3.8, 4) is 33.6 Å². The number of carbonyl (C=O) groups is 3. The number of H-pyrrole nitrogens is 2. The van der Waals surface area contributed by atoms with Crippen molar-refractivity contribution in [2.45, 2.75) is 83.0 Å². The predicted molar refractivity (Wildman–Crippen MR) is 216 cm³/mol. The SMILES string of the molecule is COC(=O)NC(C(=O)N1CCCC1c1ncc(-c2ccc(-c3ccc4cc(-c5cnc([C@@H]6CCCN6C(=O)OC(C)(C)C)[nH]5)ccc4c3)cc2)[nH]1)C1CCOCC1. The molecule has 13 nitrogen and oxygen atoms in total. The molecular formula is C44H51N7O6. The van der Waals surface area contributed by atoms with Crippen molar-refractivity contribution in [2.75, 3.05) is 33.4 Å². The molecule has 5 heterocycles. The molecule has 3 saturated heterocycles. The molecule has 0 bridgehead atoms. The molecule has 57 heavy (non-hydrogen) atoms. The van der Waals surface area contributed by atoms with Crippen LogP contribution in [0.4, 0.5) is 9.59 Å². The van der Waals surface area contributed by atoms with Gasteiger partial charge < -0.3 is 34.4 Å². The lowest BCUT2D eigenvalue weighted by Crippen LogP contribution is -2.53. The van der Waals surface area contributed by atoms with Crippen LogP contribution in [0.1, 0.15) is 83.0 Å². The monoisotopic (exact) mass is 773 g/mol. The molecule has 3 atom stereocenters. The zero-order chi connectivity index (χ0) is 39.7. The van der Waals surface area contributed by atoms with Gasteiger partial charge in [-0.15, -0.1) is 0 Å². The van der Waals surface area contributed by atoms with Gasteiger partial charge in [0.25, 0.3) is 0 Å². The minimum Gasteiger partial charge on any atom is -0.453 e. The maximum Gasteiger partial charge on any atom is 0.410 e. The number of aromatic nitrogens is 4. The van der Waals surface area contributed by atoms with Gasteiger partial charge in [0.1, 0.15) is 23.3 Å². The van der Waals surface area contributed by atoms with Gasteiger partial charge in [0, 0.05) is 31.9 Å². The summed E-state index contributed by atoms with van der Waals surface area (Å²) in [6.07, 6.45) is 7.56. The van der Waals surface area contributed by atoms with E-state index in [0.29, 0.717) is 39.1 Å². The minimum atomic E-state index is -0.674.